The van der Waals surface area contributed by atoms with E-state index in [-0.39, 0.29) is 13.0 Å². The highest BCUT2D eigenvalue weighted by molar-refractivity contribution is 5.86. The van der Waals surface area contributed by atoms with Gasteiger partial charge in [-0.1, -0.05) is 6.92 Å². The van der Waals surface area contributed by atoms with E-state index in [1.807, 2.05) is 0 Å². The lowest BCUT2D eigenvalue weighted by molar-refractivity contribution is -0.142. The molecule has 0 bridgehead atoms. The fourth-order valence-corrected chi connectivity index (χ4v) is 0.851. The third-order valence-electron chi connectivity index (χ3n) is 1.81. The molecule has 0 aliphatic heterocycles. The van der Waals surface area contributed by atoms with Crippen LogP contribution in [0.25, 0.3) is 0 Å². The molecule has 0 aliphatic carbocycles. The van der Waals surface area contributed by atoms with Gasteiger partial charge in [0, 0.05) is 13.0 Å². The first-order valence-electron chi connectivity index (χ1n) is 4.42. The minimum atomic E-state index is -1.17. The van der Waals surface area contributed by atoms with Crippen LogP contribution in [0.3, 0.4) is 0 Å². The molecular formula is C8H16N2O4. The molecule has 0 rings (SSSR count). The number of hydrogen-bond donors (Lipinski definition) is 4. The van der Waals surface area contributed by atoms with Crippen LogP contribution in [0.2, 0.25) is 0 Å². The predicted octanol–water partition coefficient (Wildman–Crippen LogP) is -1.32. The first-order chi connectivity index (χ1) is 6.52. The number of carboxylic acid groups (broad SMARTS) is 1. The zero-order valence-electron chi connectivity index (χ0n) is 8.06. The maximum atomic E-state index is 11.2. The number of aliphatic hydroxyl groups excluding tert-OH is 1. The predicted molar refractivity (Wildman–Crippen MR) is 49.5 cm³/mol. The highest BCUT2D eigenvalue weighted by Crippen LogP contribution is 1.94. The average Bonchev–Trinajstić information content (AvgIpc) is 2.15. The number of carbonyl (C=O) groups is 2. The van der Waals surface area contributed by atoms with E-state index in [0.29, 0.717) is 6.42 Å². The molecule has 0 unspecified atom stereocenters. The molecule has 0 saturated heterocycles. The van der Waals surface area contributed by atoms with Crippen LogP contribution in [0.5, 0.6) is 0 Å². The maximum absolute atomic E-state index is 11.2. The lowest BCUT2D eigenvalue weighted by Gasteiger charge is -2.15. The second kappa shape index (κ2) is 6.33. The summed E-state index contributed by atoms with van der Waals surface area (Å²) in [7, 11) is 0. The zero-order valence-corrected chi connectivity index (χ0v) is 8.06. The molecule has 6 heteroatoms. The quantitative estimate of drug-likeness (QED) is 0.428. The van der Waals surface area contributed by atoms with Gasteiger partial charge in [0.25, 0.3) is 0 Å². The van der Waals surface area contributed by atoms with E-state index in [2.05, 4.69) is 5.32 Å². The molecule has 5 N–H and O–H groups in total. The summed E-state index contributed by atoms with van der Waals surface area (Å²) in [6.07, 6.45) is 0.425. The van der Waals surface area contributed by atoms with Gasteiger partial charge in [0.15, 0.2) is 0 Å². The maximum Gasteiger partial charge on any atom is 0.326 e. The van der Waals surface area contributed by atoms with Gasteiger partial charge in [-0.05, 0) is 6.42 Å². The average molecular weight is 204 g/mol. The van der Waals surface area contributed by atoms with Crippen LogP contribution in [-0.4, -0.2) is 40.8 Å². The monoisotopic (exact) mass is 204 g/mol. The van der Waals surface area contributed by atoms with Crippen molar-refractivity contribution in [3.8, 4) is 0 Å². The van der Waals surface area contributed by atoms with E-state index in [1.165, 1.54) is 0 Å². The van der Waals surface area contributed by atoms with E-state index < -0.39 is 24.0 Å². The highest BCUT2D eigenvalue weighted by Gasteiger charge is 2.21. The molecule has 2 atom stereocenters. The van der Waals surface area contributed by atoms with Gasteiger partial charge in [-0.25, -0.2) is 4.79 Å². The lowest BCUT2D eigenvalue weighted by Crippen LogP contribution is -2.48. The number of aliphatic hydroxyl groups is 1. The summed E-state index contributed by atoms with van der Waals surface area (Å²) < 4.78 is 0. The van der Waals surface area contributed by atoms with Crippen LogP contribution in [-0.2, 0) is 9.59 Å². The molecule has 0 spiro atoms. The summed E-state index contributed by atoms with van der Waals surface area (Å²) in [6, 6.07) is -1.76. The standard InChI is InChI=1S/C8H16N2O4/c1-2-5(9)7(12)10-6(3-4-11)8(13)14/h5-6,11H,2-4,9H2,1H3,(H,10,12)(H,13,14)/t5-,6-/m0/s1. The van der Waals surface area contributed by atoms with E-state index >= 15 is 0 Å². The van der Waals surface area contributed by atoms with Crippen LogP contribution in [0.4, 0.5) is 0 Å². The summed E-state index contributed by atoms with van der Waals surface area (Å²) in [5.74, 6) is -1.68. The van der Waals surface area contributed by atoms with Crippen LogP contribution in [0.15, 0.2) is 0 Å². The molecule has 0 aliphatic rings. The number of hydrogen-bond acceptors (Lipinski definition) is 4. The zero-order chi connectivity index (χ0) is 11.1. The molecule has 0 radical (unpaired) electrons. The summed E-state index contributed by atoms with van der Waals surface area (Å²) in [5.41, 5.74) is 5.39. The molecule has 0 saturated carbocycles. The van der Waals surface area contributed by atoms with Gasteiger partial charge in [0.1, 0.15) is 6.04 Å². The van der Waals surface area contributed by atoms with Crippen molar-refractivity contribution in [3.63, 3.8) is 0 Å². The Morgan fingerprint density at radius 3 is 2.43 bits per heavy atom. The third kappa shape index (κ3) is 4.20. The fourth-order valence-electron chi connectivity index (χ4n) is 0.851. The van der Waals surface area contributed by atoms with Crippen molar-refractivity contribution < 1.29 is 19.8 Å². The van der Waals surface area contributed by atoms with Gasteiger partial charge in [0.2, 0.25) is 5.91 Å². The Balaban J connectivity index is 4.15. The number of carbonyl (C=O) groups excluding carboxylic acids is 1. The van der Waals surface area contributed by atoms with Crippen molar-refractivity contribution in [2.75, 3.05) is 6.61 Å². The SMILES string of the molecule is CC[C@H](N)C(=O)N[C@@H](CCO)C(=O)O. The van der Waals surface area contributed by atoms with Crippen molar-refractivity contribution in [1.82, 2.24) is 5.32 Å². The topological polar surface area (TPSA) is 113 Å². The van der Waals surface area contributed by atoms with Gasteiger partial charge in [0.05, 0.1) is 6.04 Å². The molecule has 0 aromatic carbocycles. The number of nitrogens with two attached hydrogens (primary N) is 1. The normalized spacial score (nSPS) is 14.5. The van der Waals surface area contributed by atoms with E-state index in [0.717, 1.165) is 0 Å². The summed E-state index contributed by atoms with van der Waals surface area (Å²) in [4.78, 5) is 21.8. The summed E-state index contributed by atoms with van der Waals surface area (Å²) in [6.45, 7) is 1.44. The molecule has 14 heavy (non-hydrogen) atoms. The van der Waals surface area contributed by atoms with E-state index in [9.17, 15) is 9.59 Å². The molecule has 0 aromatic rings. The van der Waals surface area contributed by atoms with Crippen molar-refractivity contribution in [2.45, 2.75) is 31.8 Å². The molecule has 1 amide bonds. The lowest BCUT2D eigenvalue weighted by atomic mass is 10.1. The molecule has 0 aromatic heterocycles. The van der Waals surface area contributed by atoms with Gasteiger partial charge in [-0.15, -0.1) is 0 Å². The molecule has 6 nitrogen and oxygen atoms in total. The Morgan fingerprint density at radius 1 is 1.50 bits per heavy atom. The second-order valence-electron chi connectivity index (χ2n) is 2.93. The number of carboxylic acids is 1. The van der Waals surface area contributed by atoms with Gasteiger partial charge >= 0.3 is 5.97 Å². The molecule has 0 heterocycles. The number of aliphatic carboxylic acids is 1. The first-order valence-corrected chi connectivity index (χ1v) is 4.42. The first kappa shape index (κ1) is 12.9. The minimum absolute atomic E-state index is 0.0164. The Hall–Kier alpha value is -1.14. The van der Waals surface area contributed by atoms with Gasteiger partial charge in [-0.3, -0.25) is 4.79 Å². The molecule has 0 fully saturated rings. The van der Waals surface area contributed by atoms with Gasteiger partial charge in [-0.2, -0.15) is 0 Å². The van der Waals surface area contributed by atoms with Crippen molar-refractivity contribution in [1.29, 1.82) is 0 Å². The van der Waals surface area contributed by atoms with Crippen molar-refractivity contribution in [3.05, 3.63) is 0 Å². The van der Waals surface area contributed by atoms with Crippen molar-refractivity contribution >= 4 is 11.9 Å². The van der Waals surface area contributed by atoms with Crippen LogP contribution in [0.1, 0.15) is 19.8 Å². The summed E-state index contributed by atoms with van der Waals surface area (Å²) in [5, 5.41) is 19.4. The second-order valence-corrected chi connectivity index (χ2v) is 2.93. The largest absolute Gasteiger partial charge is 0.480 e. The number of amides is 1. The van der Waals surface area contributed by atoms with E-state index in [1.54, 1.807) is 6.92 Å². The van der Waals surface area contributed by atoms with E-state index in [4.69, 9.17) is 15.9 Å². The highest BCUT2D eigenvalue weighted by atomic mass is 16.4. The molecule has 82 valence electrons. The molecular weight excluding hydrogens is 188 g/mol. The third-order valence-corrected chi connectivity index (χ3v) is 1.81. The Bertz CT molecular complexity index is 208. The van der Waals surface area contributed by atoms with Crippen LogP contribution >= 0.6 is 0 Å². The minimum Gasteiger partial charge on any atom is -0.480 e. The van der Waals surface area contributed by atoms with Gasteiger partial charge < -0.3 is 21.3 Å². The Morgan fingerprint density at radius 2 is 2.07 bits per heavy atom. The van der Waals surface area contributed by atoms with Crippen LogP contribution in [0, 0.1) is 0 Å². The fraction of sp³-hybridized carbons (Fsp3) is 0.750. The summed E-state index contributed by atoms with van der Waals surface area (Å²) >= 11 is 0. The van der Waals surface area contributed by atoms with Crippen LogP contribution < -0.4 is 11.1 Å². The smallest absolute Gasteiger partial charge is 0.326 e. The Labute approximate surface area is 82.1 Å². The van der Waals surface area contributed by atoms with Crippen molar-refractivity contribution in [2.24, 2.45) is 5.73 Å². The Kier molecular flexibility index (Phi) is 5.82. The number of rotatable bonds is 6. The number of nitrogens with one attached hydrogen (secondary N) is 1.